The molecule has 110 valence electrons. The highest BCUT2D eigenvalue weighted by Gasteiger charge is 2.32. The molecule has 20 heavy (non-hydrogen) atoms. The molecule has 0 radical (unpaired) electrons. The molecule has 0 bridgehead atoms. The van der Waals surface area contributed by atoms with Gasteiger partial charge in [-0.2, -0.15) is 0 Å². The Bertz CT molecular complexity index is 473. The van der Waals surface area contributed by atoms with Gasteiger partial charge in [-0.1, -0.05) is 0 Å². The maximum atomic E-state index is 11.7. The molecule has 1 atom stereocenters. The summed E-state index contributed by atoms with van der Waals surface area (Å²) < 4.78 is 11.1. The van der Waals surface area contributed by atoms with Gasteiger partial charge in [-0.15, -0.1) is 10.2 Å². The van der Waals surface area contributed by atoms with E-state index in [1.54, 1.807) is 26.2 Å². The van der Waals surface area contributed by atoms with Gasteiger partial charge in [0.1, 0.15) is 11.9 Å². The summed E-state index contributed by atoms with van der Waals surface area (Å²) in [6, 6.07) is 3.37. The lowest BCUT2D eigenvalue weighted by Gasteiger charge is -2.17. The van der Waals surface area contributed by atoms with E-state index in [4.69, 9.17) is 9.47 Å². The Kier molecular flexibility index (Phi) is 4.20. The van der Waals surface area contributed by atoms with Crippen LogP contribution in [-0.4, -0.2) is 60.1 Å². The first-order chi connectivity index (χ1) is 9.37. The largest absolute Gasteiger partial charge is 0.366 e. The van der Waals surface area contributed by atoms with Crippen molar-refractivity contribution in [3.8, 4) is 0 Å². The number of anilines is 1. The molecule has 7 heteroatoms. The standard InChI is InChI=1S/C13H20N4O3/c1-13(2)19-8-9(20-13)7-14-11-6-5-10(15-16-11)12(18)17(3)4/h5-6,9H,7-8H2,1-4H3,(H,14,16). The molecule has 1 aromatic rings. The third-order valence-corrected chi connectivity index (χ3v) is 2.87. The smallest absolute Gasteiger partial charge is 0.273 e. The zero-order valence-electron chi connectivity index (χ0n) is 12.2. The minimum Gasteiger partial charge on any atom is -0.366 e. The Morgan fingerprint density at radius 1 is 1.45 bits per heavy atom. The maximum Gasteiger partial charge on any atom is 0.273 e. The van der Waals surface area contributed by atoms with Gasteiger partial charge < -0.3 is 19.7 Å². The van der Waals surface area contributed by atoms with Crippen LogP contribution >= 0.6 is 0 Å². The SMILES string of the molecule is CN(C)C(=O)c1ccc(NCC2COC(C)(C)O2)nn1. The first-order valence-electron chi connectivity index (χ1n) is 6.48. The molecular weight excluding hydrogens is 260 g/mol. The number of nitrogens with zero attached hydrogens (tertiary/aromatic N) is 3. The minimum absolute atomic E-state index is 0.0186. The van der Waals surface area contributed by atoms with E-state index in [9.17, 15) is 4.79 Å². The molecule has 2 heterocycles. The fourth-order valence-corrected chi connectivity index (χ4v) is 1.85. The van der Waals surface area contributed by atoms with E-state index in [1.807, 2.05) is 13.8 Å². The van der Waals surface area contributed by atoms with Crippen LogP contribution in [0.25, 0.3) is 0 Å². The molecule has 0 aliphatic carbocycles. The van der Waals surface area contributed by atoms with E-state index < -0.39 is 5.79 Å². The normalized spacial score (nSPS) is 20.7. The van der Waals surface area contributed by atoms with Crippen molar-refractivity contribution in [2.24, 2.45) is 0 Å². The molecule has 1 aliphatic heterocycles. The summed E-state index contributed by atoms with van der Waals surface area (Å²) in [5.41, 5.74) is 0.321. The topological polar surface area (TPSA) is 76.6 Å². The molecule has 1 aliphatic rings. The number of aromatic nitrogens is 2. The molecule has 1 unspecified atom stereocenters. The van der Waals surface area contributed by atoms with Crippen molar-refractivity contribution in [3.05, 3.63) is 17.8 Å². The van der Waals surface area contributed by atoms with Crippen LogP contribution in [0.2, 0.25) is 0 Å². The van der Waals surface area contributed by atoms with Crippen molar-refractivity contribution >= 4 is 11.7 Å². The van der Waals surface area contributed by atoms with Crippen molar-refractivity contribution in [2.45, 2.75) is 25.7 Å². The van der Waals surface area contributed by atoms with Crippen molar-refractivity contribution in [1.82, 2.24) is 15.1 Å². The zero-order valence-corrected chi connectivity index (χ0v) is 12.2. The molecule has 0 aromatic carbocycles. The Morgan fingerprint density at radius 3 is 2.70 bits per heavy atom. The minimum atomic E-state index is -0.528. The first-order valence-corrected chi connectivity index (χ1v) is 6.48. The zero-order chi connectivity index (χ0) is 14.8. The lowest BCUT2D eigenvalue weighted by molar-refractivity contribution is -0.136. The molecule has 1 amide bonds. The molecule has 2 rings (SSSR count). The van der Waals surface area contributed by atoms with E-state index in [1.165, 1.54) is 4.90 Å². The predicted octanol–water partition coefficient (Wildman–Crippen LogP) is 0.742. The third-order valence-electron chi connectivity index (χ3n) is 2.87. The van der Waals surface area contributed by atoms with Crippen molar-refractivity contribution in [3.63, 3.8) is 0 Å². The highest BCUT2D eigenvalue weighted by molar-refractivity contribution is 5.91. The van der Waals surface area contributed by atoms with E-state index in [-0.39, 0.29) is 12.0 Å². The monoisotopic (exact) mass is 280 g/mol. The molecule has 0 spiro atoms. The van der Waals surface area contributed by atoms with E-state index in [2.05, 4.69) is 15.5 Å². The van der Waals surface area contributed by atoms with Gasteiger partial charge in [0.2, 0.25) is 0 Å². The molecule has 0 saturated carbocycles. The van der Waals surface area contributed by atoms with Crippen molar-refractivity contribution in [1.29, 1.82) is 0 Å². The van der Waals surface area contributed by atoms with Crippen LogP contribution in [0.3, 0.4) is 0 Å². The molecule has 1 N–H and O–H groups in total. The third kappa shape index (κ3) is 3.64. The second-order valence-corrected chi connectivity index (χ2v) is 5.33. The fourth-order valence-electron chi connectivity index (χ4n) is 1.85. The molecule has 1 aromatic heterocycles. The number of rotatable bonds is 4. The lowest BCUT2D eigenvalue weighted by atomic mass is 10.3. The number of carbonyl (C=O) groups excluding carboxylic acids is 1. The average molecular weight is 280 g/mol. The number of hydrogen-bond donors (Lipinski definition) is 1. The van der Waals surface area contributed by atoms with Crippen LogP contribution in [0, 0.1) is 0 Å². The van der Waals surface area contributed by atoms with Crippen LogP contribution in [0.15, 0.2) is 12.1 Å². The Hall–Kier alpha value is -1.73. The second-order valence-electron chi connectivity index (χ2n) is 5.33. The quantitative estimate of drug-likeness (QED) is 0.876. The summed E-state index contributed by atoms with van der Waals surface area (Å²) in [5.74, 6) is -0.0908. The Morgan fingerprint density at radius 2 is 2.20 bits per heavy atom. The van der Waals surface area contributed by atoms with Crippen LogP contribution in [-0.2, 0) is 9.47 Å². The van der Waals surface area contributed by atoms with Crippen LogP contribution < -0.4 is 5.32 Å². The van der Waals surface area contributed by atoms with E-state index >= 15 is 0 Å². The molecular formula is C13H20N4O3. The highest BCUT2D eigenvalue weighted by atomic mass is 16.7. The van der Waals surface area contributed by atoms with Crippen LogP contribution in [0.5, 0.6) is 0 Å². The second kappa shape index (κ2) is 5.72. The van der Waals surface area contributed by atoms with Gasteiger partial charge in [-0.25, -0.2) is 0 Å². The summed E-state index contributed by atoms with van der Waals surface area (Å²) in [5, 5.41) is 11.0. The van der Waals surface area contributed by atoms with Gasteiger partial charge in [-0.3, -0.25) is 4.79 Å². The van der Waals surface area contributed by atoms with Gasteiger partial charge in [-0.05, 0) is 26.0 Å². The van der Waals surface area contributed by atoms with E-state index in [0.29, 0.717) is 24.7 Å². The molecule has 1 saturated heterocycles. The van der Waals surface area contributed by atoms with E-state index in [0.717, 1.165) is 0 Å². The highest BCUT2D eigenvalue weighted by Crippen LogP contribution is 2.22. The lowest BCUT2D eigenvalue weighted by Crippen LogP contribution is -2.26. The number of amides is 1. The molecule has 1 fully saturated rings. The first kappa shape index (κ1) is 14.7. The van der Waals surface area contributed by atoms with Crippen molar-refractivity contribution < 1.29 is 14.3 Å². The Labute approximate surface area is 118 Å². The summed E-state index contributed by atoms with van der Waals surface area (Å²) >= 11 is 0. The van der Waals surface area contributed by atoms with Crippen molar-refractivity contribution in [2.75, 3.05) is 32.6 Å². The number of carbonyl (C=O) groups is 1. The van der Waals surface area contributed by atoms with Gasteiger partial charge >= 0.3 is 0 Å². The number of ether oxygens (including phenoxy) is 2. The summed E-state index contributed by atoms with van der Waals surface area (Å²) in [7, 11) is 3.35. The molecule has 7 nitrogen and oxygen atoms in total. The van der Waals surface area contributed by atoms with Gasteiger partial charge in [0.15, 0.2) is 11.5 Å². The average Bonchev–Trinajstić information content (AvgIpc) is 2.75. The summed E-state index contributed by atoms with van der Waals surface area (Å²) in [6.07, 6.45) is -0.0186. The number of nitrogens with one attached hydrogen (secondary N) is 1. The maximum absolute atomic E-state index is 11.7. The summed E-state index contributed by atoms with van der Waals surface area (Å²) in [4.78, 5) is 13.1. The van der Waals surface area contributed by atoms with Gasteiger partial charge in [0.05, 0.1) is 6.61 Å². The van der Waals surface area contributed by atoms with Crippen LogP contribution in [0.4, 0.5) is 5.82 Å². The Balaban J connectivity index is 1.87. The van der Waals surface area contributed by atoms with Gasteiger partial charge in [0.25, 0.3) is 5.91 Å². The number of hydrogen-bond acceptors (Lipinski definition) is 6. The van der Waals surface area contributed by atoms with Crippen LogP contribution in [0.1, 0.15) is 24.3 Å². The fraction of sp³-hybridized carbons (Fsp3) is 0.615. The predicted molar refractivity (Wildman–Crippen MR) is 73.4 cm³/mol. The summed E-state index contributed by atoms with van der Waals surface area (Å²) in [6.45, 7) is 4.90. The van der Waals surface area contributed by atoms with Gasteiger partial charge in [0, 0.05) is 20.6 Å².